The molecule has 0 spiro atoms. The molecule has 1 fully saturated rings. The Kier molecular flexibility index (Phi) is 4.22. The average Bonchev–Trinajstić information content (AvgIpc) is 3.27. The summed E-state index contributed by atoms with van der Waals surface area (Å²) in [7, 11) is 3.70. The first-order chi connectivity index (χ1) is 10.2. The highest BCUT2D eigenvalue weighted by atomic mass is 32.2. The third-order valence-corrected chi connectivity index (χ3v) is 4.92. The lowest BCUT2D eigenvalue weighted by atomic mass is 10.2. The number of nitrogens with one attached hydrogen (secondary N) is 1. The third-order valence-electron chi connectivity index (χ3n) is 3.71. The van der Waals surface area contributed by atoms with Gasteiger partial charge in [0.05, 0.1) is 12.8 Å². The van der Waals surface area contributed by atoms with Crippen molar-refractivity contribution in [2.45, 2.75) is 42.3 Å². The highest BCUT2D eigenvalue weighted by Crippen LogP contribution is 2.33. The van der Waals surface area contributed by atoms with Crippen molar-refractivity contribution in [2.24, 2.45) is 7.05 Å². The Labute approximate surface area is 129 Å². The van der Waals surface area contributed by atoms with Gasteiger partial charge in [-0.3, -0.25) is 4.68 Å². The monoisotopic (exact) mass is 303 g/mol. The van der Waals surface area contributed by atoms with Crippen molar-refractivity contribution in [1.82, 2.24) is 15.1 Å². The van der Waals surface area contributed by atoms with Crippen molar-refractivity contribution in [1.29, 1.82) is 0 Å². The molecule has 1 aromatic heterocycles. The maximum Gasteiger partial charge on any atom is 0.118 e. The van der Waals surface area contributed by atoms with Crippen LogP contribution in [0.2, 0.25) is 0 Å². The Morgan fingerprint density at radius 1 is 1.33 bits per heavy atom. The molecule has 2 aromatic rings. The second-order valence-corrected chi connectivity index (χ2v) is 6.49. The van der Waals surface area contributed by atoms with Crippen LogP contribution < -0.4 is 10.1 Å². The molecule has 112 valence electrons. The van der Waals surface area contributed by atoms with Crippen LogP contribution in [0, 0.1) is 6.92 Å². The molecular formula is C16H21N3OS. The van der Waals surface area contributed by atoms with Gasteiger partial charge in [0.2, 0.25) is 0 Å². The first kappa shape index (κ1) is 14.5. The maximum atomic E-state index is 5.21. The van der Waals surface area contributed by atoms with Crippen LogP contribution in [-0.2, 0) is 13.6 Å². The fourth-order valence-electron chi connectivity index (χ4n) is 2.30. The van der Waals surface area contributed by atoms with Gasteiger partial charge in [-0.15, -0.1) is 0 Å². The van der Waals surface area contributed by atoms with E-state index in [-0.39, 0.29) is 0 Å². The molecule has 1 aromatic carbocycles. The first-order valence-electron chi connectivity index (χ1n) is 7.25. The molecule has 1 N–H and O–H groups in total. The molecular weight excluding hydrogens is 282 g/mol. The van der Waals surface area contributed by atoms with Gasteiger partial charge in [-0.1, -0.05) is 11.8 Å². The van der Waals surface area contributed by atoms with E-state index >= 15 is 0 Å². The van der Waals surface area contributed by atoms with Gasteiger partial charge in [0, 0.05) is 30.1 Å². The van der Waals surface area contributed by atoms with E-state index in [1.807, 2.05) is 23.9 Å². The zero-order valence-electron chi connectivity index (χ0n) is 12.7. The molecule has 4 nitrogen and oxygen atoms in total. The van der Waals surface area contributed by atoms with E-state index in [0.717, 1.165) is 18.0 Å². The standard InChI is InChI=1S/C16H21N3OS/c1-11-15(10-17-12-4-5-12)16(19(2)18-11)21-14-8-6-13(20-3)7-9-14/h6-9,12,17H,4-5,10H2,1-3H3. The van der Waals surface area contributed by atoms with Gasteiger partial charge in [0.15, 0.2) is 0 Å². The summed E-state index contributed by atoms with van der Waals surface area (Å²) in [4.78, 5) is 1.20. The lowest BCUT2D eigenvalue weighted by molar-refractivity contribution is 0.414. The summed E-state index contributed by atoms with van der Waals surface area (Å²) in [6.07, 6.45) is 2.61. The predicted molar refractivity (Wildman–Crippen MR) is 84.9 cm³/mol. The van der Waals surface area contributed by atoms with E-state index in [1.165, 1.54) is 28.3 Å². The van der Waals surface area contributed by atoms with Gasteiger partial charge in [-0.25, -0.2) is 0 Å². The molecule has 0 saturated heterocycles. The zero-order chi connectivity index (χ0) is 14.8. The predicted octanol–water partition coefficient (Wildman–Crippen LogP) is 3.14. The number of benzene rings is 1. The molecule has 1 aliphatic rings. The van der Waals surface area contributed by atoms with Crippen molar-refractivity contribution >= 4 is 11.8 Å². The minimum atomic E-state index is 0.712. The number of rotatable bonds is 6. The second-order valence-electron chi connectivity index (χ2n) is 5.43. The van der Waals surface area contributed by atoms with Gasteiger partial charge >= 0.3 is 0 Å². The van der Waals surface area contributed by atoms with E-state index in [1.54, 1.807) is 18.9 Å². The van der Waals surface area contributed by atoms with Gasteiger partial charge in [0.1, 0.15) is 10.8 Å². The molecule has 5 heteroatoms. The molecule has 1 heterocycles. The molecule has 0 atom stereocenters. The fraction of sp³-hybridized carbons (Fsp3) is 0.438. The van der Waals surface area contributed by atoms with Gasteiger partial charge < -0.3 is 10.1 Å². The number of aromatic nitrogens is 2. The van der Waals surface area contributed by atoms with E-state index in [9.17, 15) is 0 Å². The second kappa shape index (κ2) is 6.12. The zero-order valence-corrected chi connectivity index (χ0v) is 13.5. The minimum Gasteiger partial charge on any atom is -0.497 e. The van der Waals surface area contributed by atoms with Crippen molar-refractivity contribution in [3.63, 3.8) is 0 Å². The molecule has 1 saturated carbocycles. The smallest absolute Gasteiger partial charge is 0.118 e. The highest BCUT2D eigenvalue weighted by Gasteiger charge is 2.22. The maximum absolute atomic E-state index is 5.21. The Hall–Kier alpha value is -1.46. The summed E-state index contributed by atoms with van der Waals surface area (Å²) in [5.74, 6) is 0.885. The lowest BCUT2D eigenvalue weighted by Crippen LogP contribution is -2.16. The molecule has 0 bridgehead atoms. The average molecular weight is 303 g/mol. The molecule has 0 amide bonds. The van der Waals surface area contributed by atoms with Crippen LogP contribution in [0.5, 0.6) is 5.75 Å². The molecule has 1 aliphatic carbocycles. The first-order valence-corrected chi connectivity index (χ1v) is 8.07. The summed E-state index contributed by atoms with van der Waals surface area (Å²) in [6, 6.07) is 8.87. The van der Waals surface area contributed by atoms with Crippen LogP contribution in [0.4, 0.5) is 0 Å². The lowest BCUT2D eigenvalue weighted by Gasteiger charge is -2.08. The summed E-state index contributed by atoms with van der Waals surface area (Å²) < 4.78 is 7.19. The number of ether oxygens (including phenoxy) is 1. The largest absolute Gasteiger partial charge is 0.497 e. The number of nitrogens with zero attached hydrogens (tertiary/aromatic N) is 2. The van der Waals surface area contributed by atoms with Crippen LogP contribution in [0.3, 0.4) is 0 Å². The van der Waals surface area contributed by atoms with E-state index in [0.29, 0.717) is 6.04 Å². The SMILES string of the molecule is COc1ccc(Sc2c(CNC3CC3)c(C)nn2C)cc1. The van der Waals surface area contributed by atoms with Crippen LogP contribution >= 0.6 is 11.8 Å². The van der Waals surface area contributed by atoms with E-state index < -0.39 is 0 Å². The van der Waals surface area contributed by atoms with Crippen LogP contribution in [0.1, 0.15) is 24.1 Å². The van der Waals surface area contributed by atoms with Crippen LogP contribution in [-0.4, -0.2) is 22.9 Å². The quantitative estimate of drug-likeness (QED) is 0.890. The molecule has 3 rings (SSSR count). The normalized spacial score (nSPS) is 14.4. The number of hydrogen-bond acceptors (Lipinski definition) is 4. The number of aryl methyl sites for hydroxylation is 2. The van der Waals surface area contributed by atoms with Crippen molar-refractivity contribution in [2.75, 3.05) is 7.11 Å². The number of methoxy groups -OCH3 is 1. The molecule has 0 radical (unpaired) electrons. The highest BCUT2D eigenvalue weighted by molar-refractivity contribution is 7.99. The third kappa shape index (κ3) is 3.41. The van der Waals surface area contributed by atoms with E-state index in [2.05, 4.69) is 29.5 Å². The topological polar surface area (TPSA) is 39.1 Å². The summed E-state index contributed by atoms with van der Waals surface area (Å²) in [6.45, 7) is 2.99. The number of hydrogen-bond donors (Lipinski definition) is 1. The van der Waals surface area contributed by atoms with Crippen LogP contribution in [0.15, 0.2) is 34.2 Å². The molecule has 21 heavy (non-hydrogen) atoms. The summed E-state index contributed by atoms with van der Waals surface area (Å²) in [5, 5.41) is 9.37. The van der Waals surface area contributed by atoms with E-state index in [4.69, 9.17) is 4.74 Å². The molecule has 0 aliphatic heterocycles. The summed E-state index contributed by atoms with van der Waals surface area (Å²) >= 11 is 1.76. The van der Waals surface area contributed by atoms with Crippen molar-refractivity contribution < 1.29 is 4.74 Å². The van der Waals surface area contributed by atoms with Crippen molar-refractivity contribution in [3.8, 4) is 5.75 Å². The Morgan fingerprint density at radius 3 is 2.67 bits per heavy atom. The Balaban J connectivity index is 1.78. The Morgan fingerprint density at radius 2 is 2.05 bits per heavy atom. The van der Waals surface area contributed by atoms with Gasteiger partial charge in [-0.05, 0) is 44.0 Å². The minimum absolute atomic E-state index is 0.712. The van der Waals surface area contributed by atoms with Crippen LogP contribution in [0.25, 0.3) is 0 Å². The summed E-state index contributed by atoms with van der Waals surface area (Å²) in [5.41, 5.74) is 2.42. The van der Waals surface area contributed by atoms with Gasteiger partial charge in [0.25, 0.3) is 0 Å². The Bertz CT molecular complexity index is 617. The molecule has 0 unspecified atom stereocenters. The van der Waals surface area contributed by atoms with Crippen molar-refractivity contribution in [3.05, 3.63) is 35.5 Å². The fourth-order valence-corrected chi connectivity index (χ4v) is 3.31. The van der Waals surface area contributed by atoms with Gasteiger partial charge in [-0.2, -0.15) is 5.10 Å².